The van der Waals surface area contributed by atoms with E-state index in [4.69, 9.17) is 5.73 Å². The lowest BCUT2D eigenvalue weighted by Crippen LogP contribution is -2.55. The fraction of sp³-hybridized carbons (Fsp3) is 1.00. The van der Waals surface area contributed by atoms with Crippen LogP contribution in [0.1, 0.15) is 131 Å². The Labute approximate surface area is 261 Å². The number of hydrogen-bond donors (Lipinski definition) is 5. The molecule has 0 radical (unpaired) electrons. The molecule has 0 aromatic rings. The Morgan fingerprint density at radius 3 is 2.12 bits per heavy atom. The molecule has 5 nitrogen and oxygen atoms in total. The quantitative estimate of drug-likeness (QED) is 0.115. The monoisotopic (exact) mass is 589 g/mol. The van der Waals surface area contributed by atoms with Crippen LogP contribution in [-0.2, 0) is 0 Å². The van der Waals surface area contributed by atoms with Crippen LogP contribution in [0, 0.1) is 52.3 Å². The molecule has 1 unspecified atom stereocenters. The van der Waals surface area contributed by atoms with E-state index in [1.54, 1.807) is 0 Å². The predicted octanol–water partition coefficient (Wildman–Crippen LogP) is 6.74. The fourth-order valence-corrected chi connectivity index (χ4v) is 10.9. The number of unbranched alkanes of at least 4 members (excludes halogenated alkanes) is 1. The molecular weight excluding hydrogens is 516 g/mol. The van der Waals surface area contributed by atoms with Crippen LogP contribution in [0.5, 0.6) is 0 Å². The van der Waals surface area contributed by atoms with E-state index in [0.29, 0.717) is 16.7 Å². The van der Waals surface area contributed by atoms with Gasteiger partial charge in [0.05, 0.1) is 6.10 Å². The van der Waals surface area contributed by atoms with Crippen molar-refractivity contribution in [2.45, 2.75) is 143 Å². The molecule has 246 valence electrons. The first-order valence-electron chi connectivity index (χ1n) is 18.7. The molecule has 0 aromatic carbocycles. The molecule has 0 bridgehead atoms. The van der Waals surface area contributed by atoms with Crippen molar-refractivity contribution in [1.82, 2.24) is 16.0 Å². The molecule has 0 aliphatic heterocycles. The predicted molar refractivity (Wildman–Crippen MR) is 180 cm³/mol. The van der Waals surface area contributed by atoms with Crippen LogP contribution in [0.3, 0.4) is 0 Å². The highest BCUT2D eigenvalue weighted by Crippen LogP contribution is 2.68. The van der Waals surface area contributed by atoms with E-state index in [1.807, 2.05) is 0 Å². The van der Waals surface area contributed by atoms with Gasteiger partial charge in [-0.25, -0.2) is 0 Å². The number of fused-ring (bicyclic) bond motifs is 5. The normalized spacial score (nSPS) is 37.7. The van der Waals surface area contributed by atoms with Crippen molar-refractivity contribution in [2.24, 2.45) is 58.0 Å². The third-order valence-corrected chi connectivity index (χ3v) is 13.6. The molecule has 0 heterocycles. The van der Waals surface area contributed by atoms with Crippen molar-refractivity contribution >= 4 is 0 Å². The Morgan fingerprint density at radius 1 is 0.738 bits per heavy atom. The molecule has 4 fully saturated rings. The van der Waals surface area contributed by atoms with Gasteiger partial charge in [-0.2, -0.15) is 0 Å². The molecule has 0 amide bonds. The van der Waals surface area contributed by atoms with Crippen molar-refractivity contribution in [3.8, 4) is 0 Å². The molecule has 4 saturated carbocycles. The Morgan fingerprint density at radius 2 is 1.40 bits per heavy atom. The fourth-order valence-electron chi connectivity index (χ4n) is 10.9. The summed E-state index contributed by atoms with van der Waals surface area (Å²) in [5, 5.41) is 21.6. The number of hydrogen-bond acceptors (Lipinski definition) is 5. The van der Waals surface area contributed by atoms with Crippen LogP contribution >= 0.6 is 0 Å². The van der Waals surface area contributed by atoms with Gasteiger partial charge < -0.3 is 26.8 Å². The third-order valence-electron chi connectivity index (χ3n) is 13.6. The molecule has 6 N–H and O–H groups in total. The van der Waals surface area contributed by atoms with Crippen molar-refractivity contribution < 1.29 is 5.11 Å². The summed E-state index contributed by atoms with van der Waals surface area (Å²) in [6.07, 6.45) is 20.0. The van der Waals surface area contributed by atoms with Gasteiger partial charge in [0.15, 0.2) is 0 Å². The molecule has 0 saturated heterocycles. The van der Waals surface area contributed by atoms with Crippen LogP contribution in [0.4, 0.5) is 0 Å². The standard InChI is InChI=1S/C37H72N4O/c1-27(2)35(42)15-10-28(3)32-13-14-33-31-12-11-29-26-30(16-18-36(29,4)34(31)17-19-37(32,33)5)41-25-9-24-40-22-7-6-21-39-23-8-20-38/h27-35,39-42H,6-26,38H2,1-5H3/t28-,29+,30-,31+,32-,33+,34+,35?,36+,37-/m1/s1. The average molecular weight is 589 g/mol. The van der Waals surface area contributed by atoms with Gasteiger partial charge in [-0.1, -0.05) is 34.6 Å². The molecule has 4 aliphatic rings. The van der Waals surface area contributed by atoms with Crippen LogP contribution in [0.15, 0.2) is 0 Å². The van der Waals surface area contributed by atoms with E-state index in [1.165, 1.54) is 90.0 Å². The topological polar surface area (TPSA) is 82.3 Å². The van der Waals surface area contributed by atoms with Gasteiger partial charge in [-0.05, 0) is 188 Å². The molecule has 0 spiro atoms. The average Bonchev–Trinajstić information content (AvgIpc) is 3.33. The van der Waals surface area contributed by atoms with E-state index in [0.717, 1.165) is 87.1 Å². The number of aliphatic hydroxyl groups excluding tert-OH is 1. The van der Waals surface area contributed by atoms with Gasteiger partial charge in [0.1, 0.15) is 0 Å². The molecule has 5 heteroatoms. The van der Waals surface area contributed by atoms with Gasteiger partial charge in [-0.15, -0.1) is 0 Å². The first kappa shape index (κ1) is 34.7. The highest BCUT2D eigenvalue weighted by Gasteiger charge is 2.60. The molecule has 0 aromatic heterocycles. The molecule has 4 rings (SSSR count). The van der Waals surface area contributed by atoms with Gasteiger partial charge >= 0.3 is 0 Å². The maximum atomic E-state index is 10.4. The van der Waals surface area contributed by atoms with Crippen molar-refractivity contribution in [2.75, 3.05) is 39.3 Å². The summed E-state index contributed by atoms with van der Waals surface area (Å²) in [7, 11) is 0. The molecular formula is C37H72N4O. The first-order chi connectivity index (χ1) is 20.2. The number of aliphatic hydroxyl groups is 1. The smallest absolute Gasteiger partial charge is 0.0563 e. The van der Waals surface area contributed by atoms with E-state index >= 15 is 0 Å². The van der Waals surface area contributed by atoms with Crippen LogP contribution in [0.2, 0.25) is 0 Å². The van der Waals surface area contributed by atoms with Crippen LogP contribution in [0.25, 0.3) is 0 Å². The minimum absolute atomic E-state index is 0.126. The Kier molecular flexibility index (Phi) is 13.5. The lowest BCUT2D eigenvalue weighted by molar-refractivity contribution is -0.118. The summed E-state index contributed by atoms with van der Waals surface area (Å²) in [5.41, 5.74) is 6.66. The Bertz CT molecular complexity index is 777. The summed E-state index contributed by atoms with van der Waals surface area (Å²) in [6.45, 7) is 18.7. The zero-order valence-corrected chi connectivity index (χ0v) is 28.6. The Hall–Kier alpha value is -0.200. The van der Waals surface area contributed by atoms with E-state index in [2.05, 4.69) is 50.6 Å². The van der Waals surface area contributed by atoms with Crippen molar-refractivity contribution in [1.29, 1.82) is 0 Å². The molecule has 10 atom stereocenters. The minimum Gasteiger partial charge on any atom is -0.393 e. The lowest BCUT2D eigenvalue weighted by atomic mass is 9.44. The highest BCUT2D eigenvalue weighted by atomic mass is 16.3. The van der Waals surface area contributed by atoms with Crippen molar-refractivity contribution in [3.63, 3.8) is 0 Å². The van der Waals surface area contributed by atoms with Gasteiger partial charge in [0, 0.05) is 6.04 Å². The lowest BCUT2D eigenvalue weighted by Gasteiger charge is -2.61. The van der Waals surface area contributed by atoms with Crippen molar-refractivity contribution in [3.05, 3.63) is 0 Å². The van der Waals surface area contributed by atoms with E-state index in [-0.39, 0.29) is 6.10 Å². The van der Waals surface area contributed by atoms with Gasteiger partial charge in [0.2, 0.25) is 0 Å². The summed E-state index contributed by atoms with van der Waals surface area (Å²) in [6, 6.07) is 0.742. The summed E-state index contributed by atoms with van der Waals surface area (Å²) in [4.78, 5) is 0. The second kappa shape index (κ2) is 16.4. The number of nitrogens with one attached hydrogen (secondary N) is 3. The summed E-state index contributed by atoms with van der Waals surface area (Å²) in [5.74, 6) is 5.83. The van der Waals surface area contributed by atoms with Gasteiger partial charge in [0.25, 0.3) is 0 Å². The van der Waals surface area contributed by atoms with Gasteiger partial charge in [-0.3, -0.25) is 0 Å². The molecule has 42 heavy (non-hydrogen) atoms. The van der Waals surface area contributed by atoms with E-state index in [9.17, 15) is 5.11 Å². The van der Waals surface area contributed by atoms with E-state index < -0.39 is 0 Å². The third kappa shape index (κ3) is 8.33. The minimum atomic E-state index is -0.126. The Balaban J connectivity index is 1.17. The second-order valence-electron chi connectivity index (χ2n) is 16.4. The highest BCUT2D eigenvalue weighted by molar-refractivity contribution is 5.10. The van der Waals surface area contributed by atoms with Crippen LogP contribution in [-0.4, -0.2) is 56.5 Å². The zero-order valence-electron chi connectivity index (χ0n) is 28.6. The maximum absolute atomic E-state index is 10.4. The van der Waals surface area contributed by atoms with Crippen LogP contribution < -0.4 is 21.7 Å². The SMILES string of the molecule is CC(C)C(O)CC[C@@H](C)[C@H]1CC[C@H]2[C@@H]3CC[C@H]4C[C@H](NCCCNCCCCNCCCN)CC[C@]4(C)[C@H]3CC[C@]12C. The number of rotatable bonds is 18. The summed E-state index contributed by atoms with van der Waals surface area (Å²) >= 11 is 0. The zero-order chi connectivity index (χ0) is 30.2. The molecule has 4 aliphatic carbocycles. The summed E-state index contributed by atoms with van der Waals surface area (Å²) < 4.78 is 0. The maximum Gasteiger partial charge on any atom is 0.0563 e. The first-order valence-corrected chi connectivity index (χ1v) is 18.7. The largest absolute Gasteiger partial charge is 0.393 e. The number of nitrogens with two attached hydrogens (primary N) is 1. The second-order valence-corrected chi connectivity index (χ2v) is 16.4.